The second-order valence-electron chi connectivity index (χ2n) is 12.8. The van der Waals surface area contributed by atoms with E-state index in [9.17, 15) is 14.4 Å². The highest BCUT2D eigenvalue weighted by molar-refractivity contribution is 5.94. The number of imidazole rings is 1. The lowest BCUT2D eigenvalue weighted by atomic mass is 10.0. The van der Waals surface area contributed by atoms with Gasteiger partial charge < -0.3 is 34.5 Å². The van der Waals surface area contributed by atoms with Crippen LogP contribution in [0, 0.1) is 0 Å². The molecule has 0 unspecified atom stereocenters. The topological polar surface area (TPSA) is 135 Å². The number of hydrogen-bond donors (Lipinski definition) is 2. The van der Waals surface area contributed by atoms with Crippen molar-refractivity contribution in [2.45, 2.75) is 50.9 Å². The van der Waals surface area contributed by atoms with E-state index in [0.29, 0.717) is 55.3 Å². The first-order chi connectivity index (χ1) is 24.4. The molecular weight excluding hydrogens is 636 g/mol. The highest BCUT2D eigenvalue weighted by atomic mass is 16.6. The van der Waals surface area contributed by atoms with Crippen LogP contribution >= 0.6 is 0 Å². The Bertz CT molecular complexity index is 2030. The molecule has 5 aromatic rings. The normalized spacial score (nSPS) is 14.7. The fraction of sp³-hybridized carbons (Fsp3) is 0.324. The minimum Gasteiger partial charge on any atom is -0.497 e. The molecule has 13 heteroatoms. The molecule has 1 aliphatic carbocycles. The summed E-state index contributed by atoms with van der Waals surface area (Å²) in [6.45, 7) is 1.74. The molecule has 2 fully saturated rings. The molecule has 0 radical (unpaired) electrons. The maximum absolute atomic E-state index is 13.8. The van der Waals surface area contributed by atoms with E-state index in [2.05, 4.69) is 15.6 Å². The number of hydrogen-bond acceptors (Lipinski definition) is 9. The first-order valence-electron chi connectivity index (χ1n) is 16.8. The van der Waals surface area contributed by atoms with Crippen LogP contribution in [0.25, 0.3) is 5.65 Å². The van der Waals surface area contributed by atoms with Gasteiger partial charge in [-0.1, -0.05) is 42.5 Å². The van der Waals surface area contributed by atoms with Crippen LogP contribution in [0.5, 0.6) is 5.75 Å². The zero-order valence-corrected chi connectivity index (χ0v) is 28.1. The number of ether oxygens (including phenoxy) is 2. The Labute approximate surface area is 289 Å². The highest BCUT2D eigenvalue weighted by Gasteiger charge is 2.28. The number of piperidine rings is 1. The largest absolute Gasteiger partial charge is 0.497 e. The molecule has 2 N–H and O–H groups in total. The quantitative estimate of drug-likeness (QED) is 0.195. The van der Waals surface area contributed by atoms with Crippen molar-refractivity contribution in [2.75, 3.05) is 37.5 Å². The number of nitrogens with one attached hydrogen (secondary N) is 2. The number of nitrogens with zero attached hydrogens (tertiary/aromatic N) is 6. The third kappa shape index (κ3) is 7.26. The van der Waals surface area contributed by atoms with Crippen LogP contribution in [0.3, 0.4) is 0 Å². The van der Waals surface area contributed by atoms with Gasteiger partial charge in [-0.3, -0.25) is 9.59 Å². The van der Waals surface area contributed by atoms with Gasteiger partial charge >= 0.3 is 6.09 Å². The average molecular weight is 677 g/mol. The van der Waals surface area contributed by atoms with Gasteiger partial charge in [-0.05, 0) is 61.1 Å². The monoisotopic (exact) mass is 676 g/mol. The number of carbonyl (C=O) groups is 2. The van der Waals surface area contributed by atoms with Gasteiger partial charge in [0.05, 0.1) is 19.0 Å². The van der Waals surface area contributed by atoms with Crippen LogP contribution in [0.1, 0.15) is 53.3 Å². The van der Waals surface area contributed by atoms with Crippen LogP contribution < -0.4 is 25.8 Å². The van der Waals surface area contributed by atoms with Crippen LogP contribution in [-0.4, -0.2) is 69.4 Å². The average Bonchev–Trinajstić information content (AvgIpc) is 3.86. The summed E-state index contributed by atoms with van der Waals surface area (Å²) < 4.78 is 14.1. The van der Waals surface area contributed by atoms with E-state index in [-0.39, 0.29) is 36.3 Å². The van der Waals surface area contributed by atoms with Gasteiger partial charge in [0.25, 0.3) is 11.5 Å². The molecule has 2 aliphatic rings. The predicted octanol–water partition coefficient (Wildman–Crippen LogP) is 5.15. The number of pyridine rings is 1. The van der Waals surface area contributed by atoms with Crippen LogP contribution in [0.15, 0.2) is 90.0 Å². The molecule has 3 aromatic heterocycles. The number of amides is 2. The minimum atomic E-state index is -0.353. The minimum absolute atomic E-state index is 0.0876. The van der Waals surface area contributed by atoms with Crippen molar-refractivity contribution in [2.24, 2.45) is 0 Å². The Morgan fingerprint density at radius 1 is 0.960 bits per heavy atom. The molecule has 4 heterocycles. The van der Waals surface area contributed by atoms with Gasteiger partial charge in [-0.15, -0.1) is 5.10 Å². The standard InChI is InChI=1S/C37H40N8O5/c1-42(23-25-10-14-29(49-2)15-11-25)31-21-33(41-45-32(22-38-34(31)45)35(46)39-27-12-13-27)40-30-9-6-18-44(36(30)47)28-16-19-43(20-17-28)37(48)50-24-26-7-4-3-5-8-26/h3-11,14-15,18,21-22,27-28H,12-13,16-17,19-20,23-24H2,1-2H3,(H,39,46)(H,40,41). The van der Waals surface area contributed by atoms with E-state index < -0.39 is 0 Å². The Morgan fingerprint density at radius 2 is 1.72 bits per heavy atom. The van der Waals surface area contributed by atoms with Crippen molar-refractivity contribution in [1.82, 2.24) is 29.4 Å². The summed E-state index contributed by atoms with van der Waals surface area (Å²) in [5, 5.41) is 11.0. The summed E-state index contributed by atoms with van der Waals surface area (Å²) in [5.74, 6) is 0.915. The molecule has 13 nitrogen and oxygen atoms in total. The smallest absolute Gasteiger partial charge is 0.410 e. The van der Waals surface area contributed by atoms with Crippen LogP contribution in [0.2, 0.25) is 0 Å². The van der Waals surface area contributed by atoms with Gasteiger partial charge in [-0.25, -0.2) is 14.3 Å². The van der Waals surface area contributed by atoms with Gasteiger partial charge in [0.15, 0.2) is 17.2 Å². The van der Waals surface area contributed by atoms with E-state index in [1.54, 1.807) is 28.8 Å². The number of methoxy groups -OCH3 is 1. The zero-order valence-electron chi connectivity index (χ0n) is 28.1. The Kier molecular flexibility index (Phi) is 9.37. The molecule has 2 amide bonds. The second kappa shape index (κ2) is 14.3. The van der Waals surface area contributed by atoms with Gasteiger partial charge in [0.1, 0.15) is 18.0 Å². The number of likely N-dealkylation sites (tertiary alicyclic amines) is 1. The molecule has 0 atom stereocenters. The molecule has 1 saturated carbocycles. The molecule has 258 valence electrons. The molecule has 1 aliphatic heterocycles. The summed E-state index contributed by atoms with van der Waals surface area (Å²) in [6.07, 6.45) is 6.10. The SMILES string of the molecule is COc1ccc(CN(C)c2cc(Nc3cccn(C4CCN(C(=O)OCc5ccccc5)CC4)c3=O)nn3c(C(=O)NC4CC4)cnc23)cc1. The lowest BCUT2D eigenvalue weighted by molar-refractivity contribution is 0.0828. The van der Waals surface area contributed by atoms with Crippen molar-refractivity contribution in [3.05, 3.63) is 112 Å². The Morgan fingerprint density at radius 3 is 2.44 bits per heavy atom. The molecule has 50 heavy (non-hydrogen) atoms. The third-order valence-corrected chi connectivity index (χ3v) is 9.14. The zero-order chi connectivity index (χ0) is 34.6. The molecule has 1 saturated heterocycles. The molecular formula is C37H40N8O5. The summed E-state index contributed by atoms with van der Waals surface area (Å²) >= 11 is 0. The number of benzene rings is 2. The molecule has 0 bridgehead atoms. The fourth-order valence-corrected chi connectivity index (χ4v) is 6.19. The maximum Gasteiger partial charge on any atom is 0.410 e. The van der Waals surface area contributed by atoms with Crippen molar-refractivity contribution in [1.29, 1.82) is 0 Å². The van der Waals surface area contributed by atoms with Crippen LogP contribution in [0.4, 0.5) is 22.0 Å². The van der Waals surface area contributed by atoms with E-state index in [1.165, 1.54) is 10.7 Å². The molecule has 2 aromatic carbocycles. The summed E-state index contributed by atoms with van der Waals surface area (Å²) in [6, 6.07) is 22.9. The fourth-order valence-electron chi connectivity index (χ4n) is 6.19. The maximum atomic E-state index is 13.8. The molecule has 7 rings (SSSR count). The first kappa shape index (κ1) is 32.7. The van der Waals surface area contributed by atoms with Crippen molar-refractivity contribution < 1.29 is 19.1 Å². The van der Waals surface area contributed by atoms with E-state index in [0.717, 1.165) is 35.4 Å². The van der Waals surface area contributed by atoms with Gasteiger partial charge in [-0.2, -0.15) is 0 Å². The number of rotatable bonds is 11. The lowest BCUT2D eigenvalue weighted by Gasteiger charge is -2.32. The summed E-state index contributed by atoms with van der Waals surface area (Å²) in [5.41, 5.74) is 3.69. The highest BCUT2D eigenvalue weighted by Crippen LogP contribution is 2.28. The van der Waals surface area contributed by atoms with Gasteiger partial charge in [0.2, 0.25) is 0 Å². The van der Waals surface area contributed by atoms with Crippen LogP contribution in [-0.2, 0) is 17.9 Å². The second-order valence-corrected chi connectivity index (χ2v) is 12.8. The van der Waals surface area contributed by atoms with Gasteiger partial charge in [0, 0.05) is 51.0 Å². The number of aromatic nitrogens is 4. The van der Waals surface area contributed by atoms with Crippen molar-refractivity contribution >= 4 is 34.8 Å². The van der Waals surface area contributed by atoms with E-state index >= 15 is 0 Å². The number of anilines is 3. The summed E-state index contributed by atoms with van der Waals surface area (Å²) in [4.78, 5) is 48.0. The van der Waals surface area contributed by atoms with Crippen molar-refractivity contribution in [3.63, 3.8) is 0 Å². The summed E-state index contributed by atoms with van der Waals surface area (Å²) in [7, 11) is 3.58. The van der Waals surface area contributed by atoms with E-state index in [4.69, 9.17) is 14.6 Å². The Hall–Kier alpha value is -5.85. The number of carbonyl (C=O) groups excluding carboxylic acids is 2. The predicted molar refractivity (Wildman–Crippen MR) is 189 cm³/mol. The van der Waals surface area contributed by atoms with E-state index in [1.807, 2.05) is 78.7 Å². The third-order valence-electron chi connectivity index (χ3n) is 9.14. The lowest BCUT2D eigenvalue weighted by Crippen LogP contribution is -2.41. The Balaban J connectivity index is 1.10. The first-order valence-corrected chi connectivity index (χ1v) is 16.8. The molecule has 0 spiro atoms. The van der Waals surface area contributed by atoms with Crippen molar-refractivity contribution in [3.8, 4) is 5.75 Å². The number of fused-ring (bicyclic) bond motifs is 1.